The zero-order valence-corrected chi connectivity index (χ0v) is 15.2. The number of rotatable bonds is 7. The summed E-state index contributed by atoms with van der Waals surface area (Å²) in [6.07, 6.45) is 6.05. The second-order valence-corrected chi connectivity index (χ2v) is 6.54. The summed E-state index contributed by atoms with van der Waals surface area (Å²) in [6.45, 7) is 1.04. The molecular weight excluding hydrogens is 366 g/mol. The second kappa shape index (κ2) is 7.63. The highest BCUT2D eigenvalue weighted by Crippen LogP contribution is 2.22. The molecule has 3 heterocycles. The Kier molecular flexibility index (Phi) is 4.88. The van der Waals surface area contributed by atoms with Gasteiger partial charge in [-0.15, -0.1) is 0 Å². The van der Waals surface area contributed by atoms with Crippen LogP contribution in [0.5, 0.6) is 0 Å². The molecule has 3 aromatic heterocycles. The van der Waals surface area contributed by atoms with Crippen LogP contribution in [0.25, 0.3) is 22.1 Å². The Bertz CT molecular complexity index is 1090. The van der Waals surface area contributed by atoms with Crippen LogP contribution in [0.2, 0.25) is 5.02 Å². The van der Waals surface area contributed by atoms with Gasteiger partial charge in [0.15, 0.2) is 11.5 Å². The molecule has 0 aliphatic carbocycles. The molecule has 8 nitrogen and oxygen atoms in total. The average molecular weight is 384 g/mol. The van der Waals surface area contributed by atoms with Crippen LogP contribution >= 0.6 is 11.6 Å². The number of aromatic nitrogens is 5. The Hall–Kier alpha value is -3.13. The molecular formula is C18H18ClN7O. The number of H-pyrrole nitrogens is 2. The SMILES string of the molecule is O=C(CCNc1ncnc2nc[nH]c12)NCCc1c[nH]c2ccc(Cl)cc12. The molecule has 0 saturated heterocycles. The molecule has 138 valence electrons. The van der Waals surface area contributed by atoms with Gasteiger partial charge in [0.2, 0.25) is 5.91 Å². The normalized spacial score (nSPS) is 11.1. The Morgan fingerprint density at radius 1 is 1.15 bits per heavy atom. The molecule has 0 aliphatic heterocycles. The first-order valence-corrected chi connectivity index (χ1v) is 8.98. The van der Waals surface area contributed by atoms with E-state index in [1.165, 1.54) is 6.33 Å². The number of imidazole rings is 1. The molecule has 4 rings (SSSR count). The third-order valence-electron chi connectivity index (χ3n) is 4.31. The lowest BCUT2D eigenvalue weighted by Crippen LogP contribution is -2.27. The fourth-order valence-electron chi connectivity index (χ4n) is 2.98. The largest absolute Gasteiger partial charge is 0.368 e. The summed E-state index contributed by atoms with van der Waals surface area (Å²) >= 11 is 6.06. The molecule has 0 atom stereocenters. The van der Waals surface area contributed by atoms with Crippen LogP contribution in [0.1, 0.15) is 12.0 Å². The van der Waals surface area contributed by atoms with E-state index in [2.05, 4.69) is 35.6 Å². The number of hydrogen-bond donors (Lipinski definition) is 4. The van der Waals surface area contributed by atoms with E-state index in [0.29, 0.717) is 36.0 Å². The van der Waals surface area contributed by atoms with E-state index in [0.717, 1.165) is 28.4 Å². The van der Waals surface area contributed by atoms with Gasteiger partial charge in [0.05, 0.1) is 6.33 Å². The Balaban J connectivity index is 1.25. The molecule has 1 aromatic carbocycles. The summed E-state index contributed by atoms with van der Waals surface area (Å²) < 4.78 is 0. The molecule has 27 heavy (non-hydrogen) atoms. The molecule has 9 heteroatoms. The van der Waals surface area contributed by atoms with Gasteiger partial charge in [0.1, 0.15) is 11.8 Å². The topological polar surface area (TPSA) is 111 Å². The highest BCUT2D eigenvalue weighted by atomic mass is 35.5. The van der Waals surface area contributed by atoms with E-state index >= 15 is 0 Å². The van der Waals surface area contributed by atoms with E-state index in [-0.39, 0.29) is 5.91 Å². The van der Waals surface area contributed by atoms with Gasteiger partial charge in [-0.2, -0.15) is 0 Å². The lowest BCUT2D eigenvalue weighted by atomic mass is 10.1. The van der Waals surface area contributed by atoms with E-state index in [1.54, 1.807) is 6.33 Å². The number of benzene rings is 1. The minimum atomic E-state index is -0.0183. The lowest BCUT2D eigenvalue weighted by Gasteiger charge is -2.07. The van der Waals surface area contributed by atoms with Crippen LogP contribution < -0.4 is 10.6 Å². The predicted molar refractivity (Wildman–Crippen MR) is 105 cm³/mol. The van der Waals surface area contributed by atoms with Gasteiger partial charge < -0.3 is 20.6 Å². The predicted octanol–water partition coefficient (Wildman–Crippen LogP) is 2.65. The maximum Gasteiger partial charge on any atom is 0.221 e. The standard InChI is InChI=1S/C18H18ClN7O/c19-12-1-2-14-13(7-12)11(8-22-14)3-5-20-15(27)4-6-21-17-16-18(24-9-23-16)26-10-25-17/h1-2,7-10,22H,3-6H2,(H,20,27)(H2,21,23,24,25,26). The van der Waals surface area contributed by atoms with Crippen LogP contribution in [-0.2, 0) is 11.2 Å². The van der Waals surface area contributed by atoms with Crippen molar-refractivity contribution in [3.05, 3.63) is 47.6 Å². The van der Waals surface area contributed by atoms with Crippen molar-refractivity contribution in [2.45, 2.75) is 12.8 Å². The van der Waals surface area contributed by atoms with Crippen LogP contribution in [0, 0.1) is 0 Å². The quantitative estimate of drug-likeness (QED) is 0.392. The number of carbonyl (C=O) groups excluding carboxylic acids is 1. The number of anilines is 1. The molecule has 0 radical (unpaired) electrons. The van der Waals surface area contributed by atoms with Gasteiger partial charge in [-0.25, -0.2) is 15.0 Å². The van der Waals surface area contributed by atoms with Gasteiger partial charge in [0, 0.05) is 41.6 Å². The van der Waals surface area contributed by atoms with Crippen LogP contribution in [0.15, 0.2) is 37.1 Å². The number of nitrogens with one attached hydrogen (secondary N) is 4. The summed E-state index contributed by atoms with van der Waals surface area (Å²) in [5, 5.41) is 7.87. The number of amides is 1. The number of fused-ring (bicyclic) bond motifs is 2. The molecule has 0 fully saturated rings. The van der Waals surface area contributed by atoms with E-state index in [1.807, 2.05) is 24.4 Å². The summed E-state index contributed by atoms with van der Waals surface area (Å²) in [4.78, 5) is 30.6. The Morgan fingerprint density at radius 2 is 2.07 bits per heavy atom. The van der Waals surface area contributed by atoms with E-state index in [4.69, 9.17) is 11.6 Å². The molecule has 1 amide bonds. The summed E-state index contributed by atoms with van der Waals surface area (Å²) in [5.41, 5.74) is 3.50. The summed E-state index contributed by atoms with van der Waals surface area (Å²) in [6, 6.07) is 5.75. The van der Waals surface area contributed by atoms with E-state index in [9.17, 15) is 4.79 Å². The minimum absolute atomic E-state index is 0.0183. The monoisotopic (exact) mass is 383 g/mol. The van der Waals surface area contributed by atoms with Gasteiger partial charge >= 0.3 is 0 Å². The van der Waals surface area contributed by atoms with Crippen molar-refractivity contribution in [3.8, 4) is 0 Å². The number of halogens is 1. The van der Waals surface area contributed by atoms with E-state index < -0.39 is 0 Å². The molecule has 0 saturated carbocycles. The van der Waals surface area contributed by atoms with Crippen molar-refractivity contribution in [3.63, 3.8) is 0 Å². The first-order chi connectivity index (χ1) is 13.2. The van der Waals surface area contributed by atoms with Crippen molar-refractivity contribution >= 4 is 45.4 Å². The molecule has 4 aromatic rings. The highest BCUT2D eigenvalue weighted by Gasteiger charge is 2.08. The summed E-state index contributed by atoms with van der Waals surface area (Å²) in [5.74, 6) is 0.622. The summed E-state index contributed by atoms with van der Waals surface area (Å²) in [7, 11) is 0. The molecule has 0 unspecified atom stereocenters. The number of hydrogen-bond acceptors (Lipinski definition) is 5. The Morgan fingerprint density at radius 3 is 3.00 bits per heavy atom. The van der Waals surface area contributed by atoms with Gasteiger partial charge in [0.25, 0.3) is 0 Å². The fourth-order valence-corrected chi connectivity index (χ4v) is 3.15. The third-order valence-corrected chi connectivity index (χ3v) is 4.55. The number of aromatic amines is 2. The fraction of sp³-hybridized carbons (Fsp3) is 0.222. The molecule has 0 spiro atoms. The average Bonchev–Trinajstić information content (AvgIpc) is 3.29. The van der Waals surface area contributed by atoms with Crippen molar-refractivity contribution in [2.24, 2.45) is 0 Å². The molecule has 4 N–H and O–H groups in total. The maximum atomic E-state index is 12.1. The number of carbonyl (C=O) groups is 1. The smallest absolute Gasteiger partial charge is 0.221 e. The van der Waals surface area contributed by atoms with Crippen molar-refractivity contribution in [1.82, 2.24) is 30.2 Å². The van der Waals surface area contributed by atoms with Crippen molar-refractivity contribution in [1.29, 1.82) is 0 Å². The number of nitrogens with zero attached hydrogens (tertiary/aromatic N) is 3. The molecule has 0 bridgehead atoms. The van der Waals surface area contributed by atoms with Gasteiger partial charge in [-0.3, -0.25) is 4.79 Å². The first-order valence-electron chi connectivity index (χ1n) is 8.61. The zero-order chi connectivity index (χ0) is 18.6. The van der Waals surface area contributed by atoms with Crippen molar-refractivity contribution in [2.75, 3.05) is 18.4 Å². The lowest BCUT2D eigenvalue weighted by molar-refractivity contribution is -0.120. The maximum absolute atomic E-state index is 12.1. The molecule has 0 aliphatic rings. The highest BCUT2D eigenvalue weighted by molar-refractivity contribution is 6.31. The Labute approximate surface area is 159 Å². The zero-order valence-electron chi connectivity index (χ0n) is 14.4. The van der Waals surface area contributed by atoms with Crippen LogP contribution in [0.3, 0.4) is 0 Å². The van der Waals surface area contributed by atoms with Crippen LogP contribution in [0.4, 0.5) is 5.82 Å². The first kappa shape index (κ1) is 17.3. The van der Waals surface area contributed by atoms with Crippen LogP contribution in [-0.4, -0.2) is 43.9 Å². The van der Waals surface area contributed by atoms with Gasteiger partial charge in [-0.1, -0.05) is 11.6 Å². The minimum Gasteiger partial charge on any atom is -0.368 e. The van der Waals surface area contributed by atoms with Gasteiger partial charge in [-0.05, 0) is 30.2 Å². The van der Waals surface area contributed by atoms with Crippen molar-refractivity contribution < 1.29 is 4.79 Å². The second-order valence-electron chi connectivity index (χ2n) is 6.10. The third kappa shape index (κ3) is 3.85.